The van der Waals surface area contributed by atoms with Crippen molar-refractivity contribution < 1.29 is 0 Å². The normalized spacial score (nSPS) is 15.7. The minimum absolute atomic E-state index is 0.633. The van der Waals surface area contributed by atoms with Gasteiger partial charge in [0.15, 0.2) is 0 Å². The van der Waals surface area contributed by atoms with Gasteiger partial charge in [0.2, 0.25) is 0 Å². The zero-order chi connectivity index (χ0) is 8.39. The highest BCUT2D eigenvalue weighted by molar-refractivity contribution is 6.02. The molecule has 60 valence electrons. The smallest absolute Gasteiger partial charge is 0.118 e. The molecule has 1 aromatic rings. The summed E-state index contributed by atoms with van der Waals surface area (Å²) in [5.74, 6) is 0.633. The van der Waals surface area contributed by atoms with Crippen molar-refractivity contribution in [2.75, 3.05) is 6.54 Å². The lowest BCUT2D eigenvalue weighted by molar-refractivity contribution is 1.28. The van der Waals surface area contributed by atoms with Gasteiger partial charge in [-0.25, -0.2) is 0 Å². The molecular weight excluding hydrogens is 148 g/mol. The molecule has 2 N–H and O–H groups in total. The molecule has 0 fully saturated rings. The van der Waals surface area contributed by atoms with Crippen molar-refractivity contribution in [3.63, 3.8) is 0 Å². The maximum absolute atomic E-state index is 5.54. The Morgan fingerprint density at radius 3 is 2.50 bits per heavy atom. The first-order chi connectivity index (χ1) is 5.86. The van der Waals surface area contributed by atoms with Crippen LogP contribution in [0.4, 0.5) is 0 Å². The fraction of sp³-hybridized carbons (Fsp3) is 0.100. The van der Waals surface area contributed by atoms with E-state index in [-0.39, 0.29) is 0 Å². The van der Waals surface area contributed by atoms with Crippen molar-refractivity contribution in [3.8, 4) is 0 Å². The van der Waals surface area contributed by atoms with Crippen LogP contribution < -0.4 is 5.73 Å². The minimum Gasteiger partial charge on any atom is -0.384 e. The highest BCUT2D eigenvalue weighted by Crippen LogP contribution is 2.17. The lowest BCUT2D eigenvalue weighted by Crippen LogP contribution is -2.03. The van der Waals surface area contributed by atoms with E-state index in [1.807, 2.05) is 24.3 Å². The Morgan fingerprint density at radius 2 is 1.92 bits per heavy atom. The monoisotopic (exact) mass is 158 g/mol. The van der Waals surface area contributed by atoms with Crippen molar-refractivity contribution in [1.82, 2.24) is 0 Å². The van der Waals surface area contributed by atoms with E-state index in [4.69, 9.17) is 5.73 Å². The number of nitrogens with two attached hydrogens (primary N) is 1. The molecule has 12 heavy (non-hydrogen) atoms. The van der Waals surface area contributed by atoms with Crippen molar-refractivity contribution in [2.24, 2.45) is 10.7 Å². The summed E-state index contributed by atoms with van der Waals surface area (Å²) in [6.45, 7) is 0.718. The molecule has 0 bridgehead atoms. The second-order valence-corrected chi connectivity index (χ2v) is 2.78. The Balaban J connectivity index is 2.30. The first kappa shape index (κ1) is 7.10. The van der Waals surface area contributed by atoms with Crippen LogP contribution in [0, 0.1) is 0 Å². The molecule has 0 saturated heterocycles. The molecule has 0 unspecified atom stereocenters. The first-order valence-electron chi connectivity index (χ1n) is 3.92. The molecule has 0 aliphatic carbocycles. The second-order valence-electron chi connectivity index (χ2n) is 2.78. The Labute approximate surface area is 71.4 Å². The Hall–Kier alpha value is -1.57. The van der Waals surface area contributed by atoms with E-state index in [9.17, 15) is 0 Å². The van der Waals surface area contributed by atoms with Gasteiger partial charge in [0.1, 0.15) is 5.84 Å². The number of nitrogens with zero attached hydrogens (tertiary/aromatic N) is 1. The van der Waals surface area contributed by atoms with Gasteiger partial charge >= 0.3 is 0 Å². The predicted octanol–water partition coefficient (Wildman–Crippen LogP) is 1.44. The summed E-state index contributed by atoms with van der Waals surface area (Å²) in [5, 5.41) is 0. The third-order valence-corrected chi connectivity index (χ3v) is 1.90. The number of amidine groups is 1. The van der Waals surface area contributed by atoms with Gasteiger partial charge in [-0.3, -0.25) is 4.99 Å². The van der Waals surface area contributed by atoms with Crippen molar-refractivity contribution in [1.29, 1.82) is 0 Å². The molecule has 1 heterocycles. The van der Waals surface area contributed by atoms with Gasteiger partial charge in [0, 0.05) is 0 Å². The number of benzene rings is 1. The molecule has 0 aromatic heterocycles. The summed E-state index contributed by atoms with van der Waals surface area (Å²) >= 11 is 0. The van der Waals surface area contributed by atoms with E-state index >= 15 is 0 Å². The van der Waals surface area contributed by atoms with Gasteiger partial charge in [-0.2, -0.15) is 0 Å². The standard InChI is InChI=1S/C10H10N2/c11-10-6-9(7-12-10)8-4-2-1-3-5-8/h1-6H,7H2,(H2,11,12). The van der Waals surface area contributed by atoms with Crippen LogP contribution in [0.15, 0.2) is 41.4 Å². The van der Waals surface area contributed by atoms with Crippen LogP contribution in [-0.4, -0.2) is 12.4 Å². The predicted molar refractivity (Wildman–Crippen MR) is 50.9 cm³/mol. The first-order valence-corrected chi connectivity index (χ1v) is 3.92. The van der Waals surface area contributed by atoms with Gasteiger partial charge < -0.3 is 5.73 Å². The van der Waals surface area contributed by atoms with E-state index in [2.05, 4.69) is 17.1 Å². The zero-order valence-electron chi connectivity index (χ0n) is 6.70. The van der Waals surface area contributed by atoms with Gasteiger partial charge in [0.05, 0.1) is 6.54 Å². The van der Waals surface area contributed by atoms with Gasteiger partial charge in [0.25, 0.3) is 0 Å². The summed E-state index contributed by atoms with van der Waals surface area (Å²) in [6, 6.07) is 10.2. The van der Waals surface area contributed by atoms with Crippen molar-refractivity contribution in [3.05, 3.63) is 42.0 Å². The van der Waals surface area contributed by atoms with E-state index in [1.54, 1.807) is 0 Å². The fourth-order valence-corrected chi connectivity index (χ4v) is 1.27. The van der Waals surface area contributed by atoms with Crippen LogP contribution >= 0.6 is 0 Å². The second kappa shape index (κ2) is 2.81. The van der Waals surface area contributed by atoms with Gasteiger partial charge in [-0.1, -0.05) is 30.3 Å². The fourth-order valence-electron chi connectivity index (χ4n) is 1.27. The molecule has 0 amide bonds. The summed E-state index contributed by atoms with van der Waals surface area (Å²) in [4.78, 5) is 4.10. The average Bonchev–Trinajstić information content (AvgIpc) is 2.54. The van der Waals surface area contributed by atoms with E-state index < -0.39 is 0 Å². The summed E-state index contributed by atoms with van der Waals surface area (Å²) in [5.41, 5.74) is 7.95. The number of aliphatic imine (C=N–C) groups is 1. The minimum atomic E-state index is 0.633. The molecule has 1 aliphatic heterocycles. The molecule has 2 nitrogen and oxygen atoms in total. The summed E-state index contributed by atoms with van der Waals surface area (Å²) < 4.78 is 0. The zero-order valence-corrected chi connectivity index (χ0v) is 6.70. The van der Waals surface area contributed by atoms with Crippen LogP contribution in [0.5, 0.6) is 0 Å². The Bertz CT molecular complexity index is 336. The molecule has 0 radical (unpaired) electrons. The summed E-state index contributed by atoms with van der Waals surface area (Å²) in [7, 11) is 0. The third kappa shape index (κ3) is 1.23. The van der Waals surface area contributed by atoms with Gasteiger partial charge in [-0.05, 0) is 17.2 Å². The molecule has 1 aromatic carbocycles. The molecule has 0 spiro atoms. The largest absolute Gasteiger partial charge is 0.384 e. The van der Waals surface area contributed by atoms with Crippen LogP contribution in [0.2, 0.25) is 0 Å². The quantitative estimate of drug-likeness (QED) is 0.659. The van der Waals surface area contributed by atoms with Crippen molar-refractivity contribution in [2.45, 2.75) is 0 Å². The maximum Gasteiger partial charge on any atom is 0.118 e. The topological polar surface area (TPSA) is 38.4 Å². The van der Waals surface area contributed by atoms with Crippen molar-refractivity contribution >= 4 is 11.4 Å². The van der Waals surface area contributed by atoms with E-state index in [1.165, 1.54) is 11.1 Å². The van der Waals surface area contributed by atoms with Crippen LogP contribution in [-0.2, 0) is 0 Å². The number of hydrogen-bond acceptors (Lipinski definition) is 2. The Morgan fingerprint density at radius 1 is 1.17 bits per heavy atom. The van der Waals surface area contributed by atoms with E-state index in [0.717, 1.165) is 6.54 Å². The Kier molecular flexibility index (Phi) is 1.67. The van der Waals surface area contributed by atoms with E-state index in [0.29, 0.717) is 5.84 Å². The molecule has 0 atom stereocenters. The highest BCUT2D eigenvalue weighted by Gasteiger charge is 2.06. The van der Waals surface area contributed by atoms with Crippen LogP contribution in [0.3, 0.4) is 0 Å². The molecule has 0 saturated carbocycles. The summed E-state index contributed by atoms with van der Waals surface area (Å²) in [6.07, 6.45) is 1.93. The molecular formula is C10H10N2. The molecule has 2 heteroatoms. The number of hydrogen-bond donors (Lipinski definition) is 1. The van der Waals surface area contributed by atoms with Crippen LogP contribution in [0.25, 0.3) is 5.57 Å². The highest BCUT2D eigenvalue weighted by atomic mass is 14.9. The lowest BCUT2D eigenvalue weighted by atomic mass is 10.1. The molecule has 1 aliphatic rings. The van der Waals surface area contributed by atoms with Gasteiger partial charge in [-0.15, -0.1) is 0 Å². The third-order valence-electron chi connectivity index (χ3n) is 1.90. The average molecular weight is 158 g/mol. The molecule has 2 rings (SSSR count). The number of rotatable bonds is 1. The SMILES string of the molecule is NC1=NCC(c2ccccc2)=C1. The lowest BCUT2D eigenvalue weighted by Gasteiger charge is -1.98. The van der Waals surface area contributed by atoms with Crippen LogP contribution in [0.1, 0.15) is 5.56 Å². The maximum atomic E-state index is 5.54.